The molecule has 2 aromatic rings. The van der Waals surface area contributed by atoms with E-state index in [9.17, 15) is 18.5 Å². The number of rotatable bonds is 4. The van der Waals surface area contributed by atoms with Gasteiger partial charge in [-0.1, -0.05) is 30.3 Å². The lowest BCUT2D eigenvalue weighted by Crippen LogP contribution is -2.34. The second kappa shape index (κ2) is 5.81. The lowest BCUT2D eigenvalue weighted by molar-refractivity contribution is -0.384. The van der Waals surface area contributed by atoms with Crippen LogP contribution in [0.5, 0.6) is 0 Å². The first kappa shape index (κ1) is 15.2. The van der Waals surface area contributed by atoms with Gasteiger partial charge < -0.3 is 0 Å². The van der Waals surface area contributed by atoms with Crippen molar-refractivity contribution < 1.29 is 13.3 Å². The molecule has 0 amide bonds. The minimum atomic E-state index is -3.80. The van der Waals surface area contributed by atoms with Crippen LogP contribution in [0.1, 0.15) is 5.56 Å². The lowest BCUT2D eigenvalue weighted by atomic mass is 10.2. The van der Waals surface area contributed by atoms with Crippen LogP contribution >= 0.6 is 0 Å². The van der Waals surface area contributed by atoms with E-state index in [0.29, 0.717) is 12.4 Å². The number of amidine groups is 1. The van der Waals surface area contributed by atoms with Crippen LogP contribution < -0.4 is 0 Å². The Labute approximate surface area is 133 Å². The molecule has 0 unspecified atom stereocenters. The summed E-state index contributed by atoms with van der Waals surface area (Å²) in [5.41, 5.74) is 0.567. The highest BCUT2D eigenvalue weighted by atomic mass is 32.2. The number of nitro benzene ring substituents is 1. The molecule has 0 atom stereocenters. The average molecular weight is 331 g/mol. The minimum Gasteiger partial charge on any atom is -0.265 e. The second-order valence-electron chi connectivity index (χ2n) is 4.90. The molecule has 1 heterocycles. The van der Waals surface area contributed by atoms with Gasteiger partial charge in [-0.25, -0.2) is 12.7 Å². The van der Waals surface area contributed by atoms with Crippen molar-refractivity contribution in [1.29, 1.82) is 0 Å². The summed E-state index contributed by atoms with van der Waals surface area (Å²) in [5.74, 6) is 0.393. The molecule has 1 aliphatic heterocycles. The van der Waals surface area contributed by atoms with Crippen LogP contribution in [0.4, 0.5) is 5.69 Å². The number of aliphatic imine (C=N–C) groups is 1. The third-order valence-electron chi connectivity index (χ3n) is 3.47. The summed E-state index contributed by atoms with van der Waals surface area (Å²) in [7, 11) is -3.80. The Morgan fingerprint density at radius 1 is 1.04 bits per heavy atom. The predicted molar refractivity (Wildman–Crippen MR) is 84.8 cm³/mol. The van der Waals surface area contributed by atoms with Crippen molar-refractivity contribution in [1.82, 2.24) is 4.31 Å². The van der Waals surface area contributed by atoms with Gasteiger partial charge in [-0.3, -0.25) is 15.1 Å². The lowest BCUT2D eigenvalue weighted by Gasteiger charge is -2.20. The highest BCUT2D eigenvalue weighted by molar-refractivity contribution is 7.89. The maximum absolute atomic E-state index is 12.8. The quantitative estimate of drug-likeness (QED) is 0.633. The van der Waals surface area contributed by atoms with Gasteiger partial charge in [-0.05, 0) is 12.1 Å². The molecule has 0 fully saturated rings. The van der Waals surface area contributed by atoms with Crippen molar-refractivity contribution in [2.24, 2.45) is 4.99 Å². The Kier molecular flexibility index (Phi) is 3.83. The molecule has 1 aliphatic rings. The minimum absolute atomic E-state index is 0.00799. The van der Waals surface area contributed by atoms with Gasteiger partial charge >= 0.3 is 0 Å². The summed E-state index contributed by atoms with van der Waals surface area (Å²) in [6, 6.07) is 13.9. The van der Waals surface area contributed by atoms with Gasteiger partial charge in [0.1, 0.15) is 5.84 Å². The monoisotopic (exact) mass is 331 g/mol. The van der Waals surface area contributed by atoms with E-state index in [1.807, 2.05) is 18.2 Å². The van der Waals surface area contributed by atoms with Crippen molar-refractivity contribution in [3.8, 4) is 0 Å². The van der Waals surface area contributed by atoms with E-state index in [1.165, 1.54) is 28.6 Å². The maximum Gasteiger partial charge on any atom is 0.269 e. The molecule has 2 aromatic carbocycles. The van der Waals surface area contributed by atoms with Gasteiger partial charge in [0, 0.05) is 17.7 Å². The number of non-ortho nitro benzene ring substituents is 1. The number of hydrogen-bond acceptors (Lipinski definition) is 5. The average Bonchev–Trinajstić information content (AvgIpc) is 3.06. The summed E-state index contributed by atoms with van der Waals surface area (Å²) < 4.78 is 26.8. The van der Waals surface area contributed by atoms with E-state index >= 15 is 0 Å². The zero-order chi connectivity index (χ0) is 16.4. The summed E-state index contributed by atoms with van der Waals surface area (Å²) in [6.45, 7) is 0.639. The molecular formula is C15H13N3O4S. The maximum atomic E-state index is 12.8. The molecular weight excluding hydrogens is 318 g/mol. The number of hydrogen-bond donors (Lipinski definition) is 0. The third kappa shape index (κ3) is 2.80. The summed E-state index contributed by atoms with van der Waals surface area (Å²) in [4.78, 5) is 14.4. The second-order valence-corrected chi connectivity index (χ2v) is 6.76. The number of sulfonamides is 1. The van der Waals surface area contributed by atoms with Crippen LogP contribution in [0.3, 0.4) is 0 Å². The number of nitrogens with zero attached hydrogens (tertiary/aromatic N) is 3. The van der Waals surface area contributed by atoms with Crippen LogP contribution in [-0.2, 0) is 10.0 Å². The van der Waals surface area contributed by atoms with Crippen LogP contribution in [0.25, 0.3) is 0 Å². The zero-order valence-electron chi connectivity index (χ0n) is 12.0. The fourth-order valence-corrected chi connectivity index (χ4v) is 3.80. The highest BCUT2D eigenvalue weighted by Gasteiger charge is 2.31. The molecule has 23 heavy (non-hydrogen) atoms. The first-order valence-corrected chi connectivity index (χ1v) is 8.31. The molecule has 0 aromatic heterocycles. The SMILES string of the molecule is O=[N+]([O-])c1ccc(S(=O)(=O)N2CCN=C2c2ccccc2)cc1. The van der Waals surface area contributed by atoms with Crippen molar-refractivity contribution in [3.05, 3.63) is 70.3 Å². The Balaban J connectivity index is 1.96. The summed E-state index contributed by atoms with van der Waals surface area (Å²) in [5, 5.41) is 10.7. The molecule has 0 bridgehead atoms. The molecule has 0 radical (unpaired) electrons. The van der Waals surface area contributed by atoms with Gasteiger partial charge in [0.15, 0.2) is 0 Å². The van der Waals surface area contributed by atoms with E-state index in [1.54, 1.807) is 12.1 Å². The summed E-state index contributed by atoms with van der Waals surface area (Å²) >= 11 is 0. The van der Waals surface area contributed by atoms with E-state index in [-0.39, 0.29) is 17.1 Å². The molecule has 8 heteroatoms. The Bertz CT molecular complexity index is 861. The fraction of sp³-hybridized carbons (Fsp3) is 0.133. The topological polar surface area (TPSA) is 92.9 Å². The van der Waals surface area contributed by atoms with Crippen LogP contribution in [-0.4, -0.2) is 36.6 Å². The first-order chi connectivity index (χ1) is 11.0. The number of nitro groups is 1. The first-order valence-electron chi connectivity index (χ1n) is 6.87. The van der Waals surface area contributed by atoms with Crippen molar-refractivity contribution in [2.75, 3.05) is 13.1 Å². The third-order valence-corrected chi connectivity index (χ3v) is 5.27. The zero-order valence-corrected chi connectivity index (χ0v) is 12.8. The smallest absolute Gasteiger partial charge is 0.265 e. The Morgan fingerprint density at radius 3 is 2.30 bits per heavy atom. The van der Waals surface area contributed by atoms with Gasteiger partial charge in [-0.15, -0.1) is 0 Å². The molecule has 0 aliphatic carbocycles. The number of benzene rings is 2. The van der Waals surface area contributed by atoms with Crippen LogP contribution in [0.2, 0.25) is 0 Å². The molecule has 118 valence electrons. The van der Waals surface area contributed by atoms with Crippen LogP contribution in [0, 0.1) is 10.1 Å². The van der Waals surface area contributed by atoms with Gasteiger partial charge in [-0.2, -0.15) is 0 Å². The molecule has 3 rings (SSSR count). The molecule has 0 N–H and O–H groups in total. The molecule has 0 saturated carbocycles. The van der Waals surface area contributed by atoms with Crippen LogP contribution in [0.15, 0.2) is 64.5 Å². The van der Waals surface area contributed by atoms with E-state index in [2.05, 4.69) is 4.99 Å². The normalized spacial score (nSPS) is 14.6. The van der Waals surface area contributed by atoms with Gasteiger partial charge in [0.25, 0.3) is 15.7 Å². The van der Waals surface area contributed by atoms with E-state index in [4.69, 9.17) is 0 Å². The molecule has 0 spiro atoms. The predicted octanol–water partition coefficient (Wildman–Crippen LogP) is 2.05. The van der Waals surface area contributed by atoms with E-state index < -0.39 is 14.9 Å². The summed E-state index contributed by atoms with van der Waals surface area (Å²) in [6.07, 6.45) is 0. The molecule has 7 nitrogen and oxygen atoms in total. The van der Waals surface area contributed by atoms with Crippen molar-refractivity contribution >= 4 is 21.5 Å². The largest absolute Gasteiger partial charge is 0.269 e. The Hall–Kier alpha value is -2.74. The van der Waals surface area contributed by atoms with Crippen molar-refractivity contribution in [2.45, 2.75) is 4.90 Å². The molecule has 0 saturated heterocycles. The van der Waals surface area contributed by atoms with Gasteiger partial charge in [0.2, 0.25) is 0 Å². The van der Waals surface area contributed by atoms with E-state index in [0.717, 1.165) is 5.56 Å². The highest BCUT2D eigenvalue weighted by Crippen LogP contribution is 2.23. The fourth-order valence-electron chi connectivity index (χ4n) is 2.36. The van der Waals surface area contributed by atoms with Crippen molar-refractivity contribution in [3.63, 3.8) is 0 Å². The van der Waals surface area contributed by atoms with Gasteiger partial charge in [0.05, 0.1) is 22.9 Å². The standard InChI is InChI=1S/C15H13N3O4S/c19-18(20)13-6-8-14(9-7-13)23(21,22)17-11-10-16-15(17)12-4-2-1-3-5-12/h1-9H,10-11H2. The Morgan fingerprint density at radius 2 is 1.70 bits per heavy atom.